The first-order valence-electron chi connectivity index (χ1n) is 11.1. The van der Waals surface area contributed by atoms with Crippen molar-refractivity contribution in [2.45, 2.75) is 13.2 Å². The second-order valence-electron chi connectivity index (χ2n) is 7.87. The van der Waals surface area contributed by atoms with Crippen molar-refractivity contribution in [1.82, 2.24) is 20.1 Å². The zero-order valence-electron chi connectivity index (χ0n) is 18.8. The summed E-state index contributed by atoms with van der Waals surface area (Å²) >= 11 is 0. The van der Waals surface area contributed by atoms with Crippen molar-refractivity contribution in [2.75, 3.05) is 6.54 Å². The number of aromatic nitrogens is 3. The lowest BCUT2D eigenvalue weighted by molar-refractivity contribution is -0.143. The van der Waals surface area contributed by atoms with Crippen LogP contribution in [0.5, 0.6) is 0 Å². The SMILES string of the molecule is O=C(CNC(=O)c1cc(-c2ccccc2)nc2c1cnn2Cc1ccco1)OCc1ccccc1. The maximum atomic E-state index is 13.1. The van der Waals surface area contributed by atoms with Crippen LogP contribution < -0.4 is 5.32 Å². The predicted molar refractivity (Wildman–Crippen MR) is 129 cm³/mol. The van der Waals surface area contributed by atoms with E-state index in [9.17, 15) is 9.59 Å². The third-order valence-electron chi connectivity index (χ3n) is 5.45. The Bertz CT molecular complexity index is 1450. The molecule has 1 amide bonds. The van der Waals surface area contributed by atoms with Crippen LogP contribution in [0.3, 0.4) is 0 Å². The standard InChI is InChI=1S/C27H22N4O4/c32-25(35-18-19-8-3-1-4-9-19)16-28-27(33)22-14-24(20-10-5-2-6-11-20)30-26-23(22)15-29-31(26)17-21-12-7-13-34-21/h1-15H,16-18H2,(H,28,33). The van der Waals surface area contributed by atoms with Crippen molar-refractivity contribution >= 4 is 22.9 Å². The molecule has 174 valence electrons. The monoisotopic (exact) mass is 466 g/mol. The minimum atomic E-state index is -0.524. The van der Waals surface area contributed by atoms with Gasteiger partial charge in [0, 0.05) is 5.56 Å². The number of hydrogen-bond acceptors (Lipinski definition) is 6. The number of furan rings is 1. The lowest BCUT2D eigenvalue weighted by Gasteiger charge is -2.10. The number of rotatable bonds is 8. The lowest BCUT2D eigenvalue weighted by Crippen LogP contribution is -2.30. The summed E-state index contributed by atoms with van der Waals surface area (Å²) in [4.78, 5) is 30.1. The molecule has 2 aromatic carbocycles. The molecule has 0 radical (unpaired) electrons. The van der Waals surface area contributed by atoms with Crippen molar-refractivity contribution < 1.29 is 18.7 Å². The summed E-state index contributed by atoms with van der Waals surface area (Å²) in [6, 6.07) is 24.3. The number of amides is 1. The van der Waals surface area contributed by atoms with E-state index < -0.39 is 11.9 Å². The average molecular weight is 466 g/mol. The van der Waals surface area contributed by atoms with Crippen LogP contribution in [0.4, 0.5) is 0 Å². The number of esters is 1. The number of carbonyl (C=O) groups excluding carboxylic acids is 2. The van der Waals surface area contributed by atoms with E-state index in [4.69, 9.17) is 14.1 Å². The number of fused-ring (bicyclic) bond motifs is 1. The van der Waals surface area contributed by atoms with Gasteiger partial charge < -0.3 is 14.5 Å². The van der Waals surface area contributed by atoms with Gasteiger partial charge in [-0.1, -0.05) is 60.7 Å². The fourth-order valence-electron chi connectivity index (χ4n) is 3.69. The van der Waals surface area contributed by atoms with Crippen LogP contribution in [-0.4, -0.2) is 33.2 Å². The van der Waals surface area contributed by atoms with Crippen molar-refractivity contribution in [1.29, 1.82) is 0 Å². The molecule has 0 spiro atoms. The fraction of sp³-hybridized carbons (Fsp3) is 0.111. The zero-order valence-corrected chi connectivity index (χ0v) is 18.8. The highest BCUT2D eigenvalue weighted by atomic mass is 16.5. The van der Waals surface area contributed by atoms with E-state index in [0.717, 1.165) is 11.1 Å². The molecule has 3 aromatic heterocycles. The Labute approximate surface area is 201 Å². The van der Waals surface area contributed by atoms with Crippen LogP contribution in [-0.2, 0) is 22.7 Å². The van der Waals surface area contributed by atoms with E-state index in [-0.39, 0.29) is 13.2 Å². The molecule has 35 heavy (non-hydrogen) atoms. The summed E-state index contributed by atoms with van der Waals surface area (Å²) in [6.45, 7) is 0.262. The average Bonchev–Trinajstić information content (AvgIpc) is 3.57. The molecular weight excluding hydrogens is 444 g/mol. The van der Waals surface area contributed by atoms with Gasteiger partial charge in [-0.05, 0) is 23.8 Å². The minimum Gasteiger partial charge on any atom is -0.467 e. The molecule has 0 atom stereocenters. The molecule has 0 fully saturated rings. The normalized spacial score (nSPS) is 10.9. The van der Waals surface area contributed by atoms with Crippen LogP contribution >= 0.6 is 0 Å². The molecule has 5 aromatic rings. The Hall–Kier alpha value is -4.72. The molecule has 0 unspecified atom stereocenters. The summed E-state index contributed by atoms with van der Waals surface area (Å²) in [5, 5.41) is 7.67. The summed E-state index contributed by atoms with van der Waals surface area (Å²) in [7, 11) is 0. The lowest BCUT2D eigenvalue weighted by atomic mass is 10.1. The van der Waals surface area contributed by atoms with E-state index in [1.165, 1.54) is 0 Å². The highest BCUT2D eigenvalue weighted by Crippen LogP contribution is 2.25. The number of nitrogens with one attached hydrogen (secondary N) is 1. The Balaban J connectivity index is 1.39. The Kier molecular flexibility index (Phi) is 6.34. The molecule has 8 nitrogen and oxygen atoms in total. The Morgan fingerprint density at radius 2 is 1.74 bits per heavy atom. The number of ether oxygens (including phenoxy) is 1. The van der Waals surface area contributed by atoms with Gasteiger partial charge in [0.25, 0.3) is 5.91 Å². The van der Waals surface area contributed by atoms with Crippen LogP contribution in [0.15, 0.2) is 95.7 Å². The van der Waals surface area contributed by atoms with E-state index in [1.807, 2.05) is 66.7 Å². The van der Waals surface area contributed by atoms with Crippen LogP contribution in [0, 0.1) is 0 Å². The maximum absolute atomic E-state index is 13.1. The van der Waals surface area contributed by atoms with Crippen molar-refractivity contribution in [2.24, 2.45) is 0 Å². The smallest absolute Gasteiger partial charge is 0.325 e. The number of hydrogen-bond donors (Lipinski definition) is 1. The molecule has 5 rings (SSSR count). The zero-order chi connectivity index (χ0) is 24.0. The third-order valence-corrected chi connectivity index (χ3v) is 5.45. The van der Waals surface area contributed by atoms with Gasteiger partial charge in [0.05, 0.1) is 29.1 Å². The first-order chi connectivity index (χ1) is 17.2. The number of benzene rings is 2. The fourth-order valence-corrected chi connectivity index (χ4v) is 3.69. The molecule has 0 bridgehead atoms. The van der Waals surface area contributed by atoms with E-state index in [0.29, 0.717) is 34.6 Å². The summed E-state index contributed by atoms with van der Waals surface area (Å²) < 4.78 is 12.4. The number of carbonyl (C=O) groups is 2. The highest BCUT2D eigenvalue weighted by molar-refractivity contribution is 6.07. The largest absolute Gasteiger partial charge is 0.467 e. The topological polar surface area (TPSA) is 99.2 Å². The summed E-state index contributed by atoms with van der Waals surface area (Å²) in [6.07, 6.45) is 3.20. The summed E-state index contributed by atoms with van der Waals surface area (Å²) in [5.41, 5.74) is 3.27. The van der Waals surface area contributed by atoms with E-state index in [2.05, 4.69) is 10.4 Å². The quantitative estimate of drug-likeness (QED) is 0.344. The van der Waals surface area contributed by atoms with Gasteiger partial charge >= 0.3 is 5.97 Å². The summed E-state index contributed by atoms with van der Waals surface area (Å²) in [5.74, 6) is -0.220. The molecule has 1 N–H and O–H groups in total. The number of nitrogens with zero attached hydrogens (tertiary/aromatic N) is 3. The van der Waals surface area contributed by atoms with Crippen LogP contribution in [0.25, 0.3) is 22.3 Å². The molecule has 0 saturated carbocycles. The molecule has 0 saturated heterocycles. The second kappa shape index (κ2) is 10.0. The Morgan fingerprint density at radius 1 is 0.971 bits per heavy atom. The minimum absolute atomic E-state index is 0.146. The first-order valence-corrected chi connectivity index (χ1v) is 11.1. The molecule has 8 heteroatoms. The molecular formula is C27H22N4O4. The van der Waals surface area contributed by atoms with E-state index in [1.54, 1.807) is 29.3 Å². The number of pyridine rings is 1. The molecule has 0 aliphatic rings. The predicted octanol–water partition coefficient (Wildman–Crippen LogP) is 4.21. The van der Waals surface area contributed by atoms with Gasteiger partial charge in [0.1, 0.15) is 25.5 Å². The van der Waals surface area contributed by atoms with Crippen molar-refractivity contribution in [3.63, 3.8) is 0 Å². The van der Waals surface area contributed by atoms with Crippen molar-refractivity contribution in [3.8, 4) is 11.3 Å². The van der Waals surface area contributed by atoms with Crippen LogP contribution in [0.1, 0.15) is 21.7 Å². The Morgan fingerprint density at radius 3 is 2.49 bits per heavy atom. The molecule has 0 aliphatic carbocycles. The third kappa shape index (κ3) is 5.11. The van der Waals surface area contributed by atoms with Gasteiger partial charge in [0.2, 0.25) is 0 Å². The maximum Gasteiger partial charge on any atom is 0.325 e. The molecule has 3 heterocycles. The van der Waals surface area contributed by atoms with Crippen molar-refractivity contribution in [3.05, 3.63) is 108 Å². The van der Waals surface area contributed by atoms with Gasteiger partial charge in [-0.2, -0.15) is 5.10 Å². The van der Waals surface area contributed by atoms with Gasteiger partial charge in [-0.25, -0.2) is 9.67 Å². The van der Waals surface area contributed by atoms with Gasteiger partial charge in [-0.3, -0.25) is 9.59 Å². The van der Waals surface area contributed by atoms with Gasteiger partial charge in [-0.15, -0.1) is 0 Å². The second-order valence-corrected chi connectivity index (χ2v) is 7.87. The van der Waals surface area contributed by atoms with Crippen LogP contribution in [0.2, 0.25) is 0 Å². The van der Waals surface area contributed by atoms with E-state index >= 15 is 0 Å². The first kappa shape index (κ1) is 22.1. The molecule has 0 aliphatic heterocycles. The highest BCUT2D eigenvalue weighted by Gasteiger charge is 2.19. The van der Waals surface area contributed by atoms with Gasteiger partial charge in [0.15, 0.2) is 5.65 Å².